The minimum absolute atomic E-state index is 0.192. The monoisotopic (exact) mass is 433 g/mol. The van der Waals surface area contributed by atoms with E-state index in [1.807, 2.05) is 6.07 Å². The second-order valence-corrected chi connectivity index (χ2v) is 8.27. The number of halogens is 3. The van der Waals surface area contributed by atoms with Gasteiger partial charge in [-0.05, 0) is 61.6 Å². The maximum absolute atomic E-state index is 12.8. The minimum Gasteiger partial charge on any atom is -0.496 e. The van der Waals surface area contributed by atoms with Crippen molar-refractivity contribution in [2.45, 2.75) is 44.9 Å². The zero-order chi connectivity index (χ0) is 22.3. The highest BCUT2D eigenvalue weighted by atomic mass is 19.4. The highest BCUT2D eigenvalue weighted by molar-refractivity contribution is 5.94. The van der Waals surface area contributed by atoms with E-state index in [1.165, 1.54) is 17.2 Å². The van der Waals surface area contributed by atoms with Crippen LogP contribution in [0.3, 0.4) is 0 Å². The fourth-order valence-corrected chi connectivity index (χ4v) is 4.84. The number of benzene rings is 1. The van der Waals surface area contributed by atoms with Crippen molar-refractivity contribution in [2.75, 3.05) is 26.7 Å². The first-order chi connectivity index (χ1) is 14.7. The van der Waals surface area contributed by atoms with Gasteiger partial charge in [0.15, 0.2) is 0 Å². The molecule has 8 heteroatoms. The predicted molar refractivity (Wildman–Crippen MR) is 110 cm³/mol. The fourth-order valence-electron chi connectivity index (χ4n) is 4.84. The van der Waals surface area contributed by atoms with Gasteiger partial charge in [0.05, 0.1) is 12.7 Å². The normalized spacial score (nSPS) is 21.8. The van der Waals surface area contributed by atoms with E-state index in [9.17, 15) is 18.0 Å². The number of amides is 1. The minimum atomic E-state index is -4.51. The van der Waals surface area contributed by atoms with Crippen molar-refractivity contribution in [3.8, 4) is 5.75 Å². The van der Waals surface area contributed by atoms with Crippen LogP contribution < -0.4 is 4.74 Å². The van der Waals surface area contributed by atoms with Crippen molar-refractivity contribution >= 4 is 5.91 Å². The van der Waals surface area contributed by atoms with Crippen molar-refractivity contribution in [3.63, 3.8) is 0 Å². The van der Waals surface area contributed by atoms with Crippen LogP contribution in [0.1, 0.15) is 51.6 Å². The summed E-state index contributed by atoms with van der Waals surface area (Å²) in [5.74, 6) is 0.622. The van der Waals surface area contributed by atoms with Gasteiger partial charge in [0, 0.05) is 37.9 Å². The molecule has 0 spiro atoms. The molecule has 3 heterocycles. The molecule has 2 aliphatic heterocycles. The van der Waals surface area contributed by atoms with Gasteiger partial charge < -0.3 is 9.64 Å². The van der Waals surface area contributed by atoms with Crippen LogP contribution in [-0.2, 0) is 6.18 Å². The molecule has 2 aromatic rings. The number of nitrogens with zero attached hydrogens (tertiary/aromatic N) is 3. The van der Waals surface area contributed by atoms with Gasteiger partial charge >= 0.3 is 6.18 Å². The number of hydrogen-bond acceptors (Lipinski definition) is 4. The molecule has 2 fully saturated rings. The highest BCUT2D eigenvalue weighted by Crippen LogP contribution is 2.41. The highest BCUT2D eigenvalue weighted by Gasteiger charge is 2.40. The molecule has 0 N–H and O–H groups in total. The van der Waals surface area contributed by atoms with Crippen LogP contribution in [0, 0.1) is 13.8 Å². The fraction of sp³-hybridized carbons (Fsp3) is 0.478. The zero-order valence-corrected chi connectivity index (χ0v) is 17.9. The van der Waals surface area contributed by atoms with E-state index in [-0.39, 0.29) is 17.5 Å². The van der Waals surface area contributed by atoms with Gasteiger partial charge in [0.25, 0.3) is 5.91 Å². The number of aromatic nitrogens is 1. The molecule has 5 nitrogen and oxygen atoms in total. The number of carbonyl (C=O) groups excluding carboxylic acids is 1. The van der Waals surface area contributed by atoms with E-state index >= 15 is 0 Å². The van der Waals surface area contributed by atoms with Gasteiger partial charge in [-0.15, -0.1) is 0 Å². The number of carbonyl (C=O) groups is 1. The smallest absolute Gasteiger partial charge is 0.433 e. The van der Waals surface area contributed by atoms with E-state index in [0.717, 1.165) is 43.0 Å². The number of piperazine rings is 1. The van der Waals surface area contributed by atoms with E-state index < -0.39 is 11.9 Å². The molecular formula is C23H26F3N3O2. The zero-order valence-electron chi connectivity index (χ0n) is 17.9. The van der Waals surface area contributed by atoms with Gasteiger partial charge in [-0.1, -0.05) is 6.07 Å². The average molecular weight is 433 g/mol. The van der Waals surface area contributed by atoms with Crippen LogP contribution >= 0.6 is 0 Å². The Hall–Kier alpha value is -2.61. The lowest BCUT2D eigenvalue weighted by Gasteiger charge is -2.40. The molecule has 0 bridgehead atoms. The average Bonchev–Trinajstić information content (AvgIpc) is 3.17. The Kier molecular flexibility index (Phi) is 5.68. The van der Waals surface area contributed by atoms with Gasteiger partial charge in [0.2, 0.25) is 0 Å². The van der Waals surface area contributed by atoms with Gasteiger partial charge in [-0.3, -0.25) is 14.7 Å². The second-order valence-electron chi connectivity index (χ2n) is 8.27. The molecule has 2 atom stereocenters. The third kappa shape index (κ3) is 4.01. The van der Waals surface area contributed by atoms with Crippen molar-refractivity contribution in [3.05, 3.63) is 58.4 Å². The summed E-state index contributed by atoms with van der Waals surface area (Å²) in [6.07, 6.45) is -1.49. The van der Waals surface area contributed by atoms with E-state index in [1.54, 1.807) is 12.0 Å². The van der Waals surface area contributed by atoms with Crippen LogP contribution in [-0.4, -0.2) is 53.5 Å². The lowest BCUT2D eigenvalue weighted by atomic mass is 9.95. The number of ether oxygens (including phenoxy) is 1. The van der Waals surface area contributed by atoms with E-state index in [4.69, 9.17) is 4.74 Å². The quantitative estimate of drug-likeness (QED) is 0.721. The Bertz CT molecular complexity index is 975. The molecule has 2 saturated heterocycles. The SMILES string of the molecule is COc1ccc(C2CC[C@H]3CN(C(=O)c4ccc(C(F)(F)F)nc4)CCN23)c(C)c1C. The van der Waals surface area contributed by atoms with Gasteiger partial charge in [0.1, 0.15) is 11.4 Å². The van der Waals surface area contributed by atoms with E-state index in [0.29, 0.717) is 19.1 Å². The largest absolute Gasteiger partial charge is 0.496 e. The topological polar surface area (TPSA) is 45.7 Å². The van der Waals surface area contributed by atoms with Crippen LogP contribution in [0.4, 0.5) is 13.2 Å². The molecule has 1 aromatic heterocycles. The summed E-state index contributed by atoms with van der Waals surface area (Å²) >= 11 is 0. The number of methoxy groups -OCH3 is 1. The van der Waals surface area contributed by atoms with Crippen LogP contribution in [0.15, 0.2) is 30.5 Å². The Balaban J connectivity index is 1.46. The molecule has 4 rings (SSSR count). The standard InChI is InChI=1S/C23H26F3N3O2/c1-14-15(2)20(31-3)8-6-18(14)19-7-5-17-13-28(10-11-29(17)19)22(30)16-4-9-21(27-12-16)23(24,25)26/h4,6,8-9,12,17,19H,5,7,10-11,13H2,1-3H3/t17-,19?/m0/s1. The van der Waals surface area contributed by atoms with Crippen LogP contribution in [0.5, 0.6) is 5.75 Å². The molecule has 31 heavy (non-hydrogen) atoms. The number of pyridine rings is 1. The number of hydrogen-bond donors (Lipinski definition) is 0. The molecule has 0 radical (unpaired) electrons. The predicted octanol–water partition coefficient (Wildman–Crippen LogP) is 4.39. The van der Waals surface area contributed by atoms with Crippen LogP contribution in [0.2, 0.25) is 0 Å². The first kappa shape index (κ1) is 21.6. The third-order valence-electron chi connectivity index (χ3n) is 6.65. The lowest BCUT2D eigenvalue weighted by Crippen LogP contribution is -2.52. The lowest BCUT2D eigenvalue weighted by molar-refractivity contribution is -0.141. The summed E-state index contributed by atoms with van der Waals surface area (Å²) in [6, 6.07) is 6.78. The molecular weight excluding hydrogens is 407 g/mol. The number of fused-ring (bicyclic) bond motifs is 1. The molecule has 0 aliphatic carbocycles. The first-order valence-electron chi connectivity index (χ1n) is 10.4. The van der Waals surface area contributed by atoms with Crippen molar-refractivity contribution in [1.29, 1.82) is 0 Å². The Morgan fingerprint density at radius 3 is 2.52 bits per heavy atom. The molecule has 0 saturated carbocycles. The summed E-state index contributed by atoms with van der Waals surface area (Å²) in [5, 5.41) is 0. The Morgan fingerprint density at radius 1 is 1.10 bits per heavy atom. The summed E-state index contributed by atoms with van der Waals surface area (Å²) in [7, 11) is 1.68. The van der Waals surface area contributed by atoms with Crippen molar-refractivity contribution in [2.24, 2.45) is 0 Å². The molecule has 2 aliphatic rings. The summed E-state index contributed by atoms with van der Waals surface area (Å²) in [6.45, 7) is 6.04. The molecule has 1 aromatic carbocycles. The maximum Gasteiger partial charge on any atom is 0.433 e. The Labute approximate surface area is 179 Å². The van der Waals surface area contributed by atoms with Gasteiger partial charge in [-0.2, -0.15) is 13.2 Å². The van der Waals surface area contributed by atoms with Crippen molar-refractivity contribution in [1.82, 2.24) is 14.8 Å². The summed E-state index contributed by atoms with van der Waals surface area (Å²) < 4.78 is 43.6. The summed E-state index contributed by atoms with van der Waals surface area (Å²) in [5.41, 5.74) is 2.88. The van der Waals surface area contributed by atoms with E-state index in [2.05, 4.69) is 29.8 Å². The maximum atomic E-state index is 12.8. The van der Waals surface area contributed by atoms with Crippen LogP contribution in [0.25, 0.3) is 0 Å². The second kappa shape index (κ2) is 8.15. The molecule has 166 valence electrons. The summed E-state index contributed by atoms with van der Waals surface area (Å²) in [4.78, 5) is 20.5. The molecule has 1 unspecified atom stereocenters. The number of rotatable bonds is 3. The van der Waals surface area contributed by atoms with Crippen molar-refractivity contribution < 1.29 is 22.7 Å². The third-order valence-corrected chi connectivity index (χ3v) is 6.65. The molecule has 1 amide bonds. The van der Waals surface area contributed by atoms with Gasteiger partial charge in [-0.25, -0.2) is 0 Å². The Morgan fingerprint density at radius 2 is 1.87 bits per heavy atom. The first-order valence-corrected chi connectivity index (χ1v) is 10.4. The number of alkyl halides is 3.